The fourth-order valence-corrected chi connectivity index (χ4v) is 3.10. The molecule has 26 heavy (non-hydrogen) atoms. The normalized spacial score (nSPS) is 12.8. The Labute approximate surface area is 152 Å². The smallest absolute Gasteiger partial charge is 0.238 e. The minimum Gasteiger partial charge on any atom is -0.351 e. The minimum absolute atomic E-state index is 0.299. The summed E-state index contributed by atoms with van der Waals surface area (Å²) in [5.74, 6) is -0.485. The SMILES string of the molecule is C[C@@H](C(=O)NCc1ccc(Cn2cnc3ccccc32)cc1)S(C)(=O)=O. The molecule has 0 aliphatic rings. The molecule has 1 aromatic heterocycles. The van der Waals surface area contributed by atoms with Gasteiger partial charge in [-0.1, -0.05) is 36.4 Å². The van der Waals surface area contributed by atoms with Gasteiger partial charge in [0.1, 0.15) is 5.25 Å². The first-order valence-electron chi connectivity index (χ1n) is 8.29. The summed E-state index contributed by atoms with van der Waals surface area (Å²) in [6, 6.07) is 15.8. The number of hydrogen-bond acceptors (Lipinski definition) is 4. The molecule has 0 fully saturated rings. The highest BCUT2D eigenvalue weighted by molar-refractivity contribution is 7.92. The van der Waals surface area contributed by atoms with Crippen LogP contribution in [-0.4, -0.2) is 35.4 Å². The third kappa shape index (κ3) is 4.11. The second-order valence-corrected chi connectivity index (χ2v) is 8.73. The van der Waals surface area contributed by atoms with Gasteiger partial charge in [0.15, 0.2) is 9.84 Å². The lowest BCUT2D eigenvalue weighted by Crippen LogP contribution is -2.36. The molecule has 0 aliphatic carbocycles. The second kappa shape index (κ2) is 7.29. The maximum atomic E-state index is 11.9. The van der Waals surface area contributed by atoms with Crippen molar-refractivity contribution in [1.29, 1.82) is 0 Å². The molecule has 0 radical (unpaired) electrons. The molecule has 7 heteroatoms. The van der Waals surface area contributed by atoms with Crippen molar-refractivity contribution in [3.63, 3.8) is 0 Å². The molecule has 0 saturated heterocycles. The monoisotopic (exact) mass is 371 g/mol. The fourth-order valence-electron chi connectivity index (χ4n) is 2.62. The zero-order valence-electron chi connectivity index (χ0n) is 14.7. The summed E-state index contributed by atoms with van der Waals surface area (Å²) in [6.45, 7) is 2.40. The Kier molecular flexibility index (Phi) is 5.08. The second-order valence-electron chi connectivity index (χ2n) is 6.37. The van der Waals surface area contributed by atoms with Crippen LogP contribution in [0.4, 0.5) is 0 Å². The number of rotatable bonds is 6. The first kappa shape index (κ1) is 18.1. The minimum atomic E-state index is -3.38. The Bertz CT molecular complexity index is 1020. The van der Waals surface area contributed by atoms with Gasteiger partial charge in [0, 0.05) is 19.3 Å². The molecule has 1 heterocycles. The molecule has 1 atom stereocenters. The largest absolute Gasteiger partial charge is 0.351 e. The van der Waals surface area contributed by atoms with Crippen molar-refractivity contribution >= 4 is 26.8 Å². The number of fused-ring (bicyclic) bond motifs is 1. The fraction of sp³-hybridized carbons (Fsp3) is 0.263. The highest BCUT2D eigenvalue weighted by Gasteiger charge is 2.22. The van der Waals surface area contributed by atoms with E-state index in [4.69, 9.17) is 0 Å². The summed E-state index contributed by atoms with van der Waals surface area (Å²) in [7, 11) is -3.38. The van der Waals surface area contributed by atoms with Crippen LogP contribution in [0.15, 0.2) is 54.9 Å². The predicted octanol–water partition coefficient (Wildman–Crippen LogP) is 2.13. The molecule has 136 valence electrons. The van der Waals surface area contributed by atoms with Gasteiger partial charge in [0.25, 0.3) is 0 Å². The van der Waals surface area contributed by atoms with Crippen LogP contribution in [0.25, 0.3) is 11.0 Å². The third-order valence-electron chi connectivity index (χ3n) is 4.38. The molecule has 1 N–H and O–H groups in total. The zero-order chi connectivity index (χ0) is 18.7. The highest BCUT2D eigenvalue weighted by Crippen LogP contribution is 2.14. The standard InChI is InChI=1S/C19H21N3O3S/c1-14(26(2,24)25)19(23)20-11-15-7-9-16(10-8-15)12-22-13-21-17-5-3-4-6-18(17)22/h3-10,13-14H,11-12H2,1-2H3,(H,20,23)/t14-/m0/s1. The van der Waals surface area contributed by atoms with E-state index in [1.165, 1.54) is 6.92 Å². The average molecular weight is 371 g/mol. The molecule has 0 aliphatic heterocycles. The Morgan fingerprint density at radius 3 is 2.46 bits per heavy atom. The Morgan fingerprint density at radius 1 is 1.12 bits per heavy atom. The average Bonchev–Trinajstić information content (AvgIpc) is 3.02. The van der Waals surface area contributed by atoms with Crippen LogP contribution in [0.2, 0.25) is 0 Å². The van der Waals surface area contributed by atoms with Gasteiger partial charge in [-0.25, -0.2) is 13.4 Å². The number of hydrogen-bond donors (Lipinski definition) is 1. The summed E-state index contributed by atoms with van der Waals surface area (Å²) >= 11 is 0. The van der Waals surface area contributed by atoms with E-state index in [9.17, 15) is 13.2 Å². The van der Waals surface area contributed by atoms with E-state index < -0.39 is 21.0 Å². The molecular weight excluding hydrogens is 350 g/mol. The lowest BCUT2D eigenvalue weighted by atomic mass is 10.1. The molecule has 0 unspecified atom stereocenters. The highest BCUT2D eigenvalue weighted by atomic mass is 32.2. The molecular formula is C19H21N3O3S. The molecule has 3 rings (SSSR count). The number of nitrogens with zero attached hydrogens (tertiary/aromatic N) is 2. The van der Waals surface area contributed by atoms with Crippen molar-refractivity contribution in [3.8, 4) is 0 Å². The molecule has 2 aromatic carbocycles. The van der Waals surface area contributed by atoms with Crippen LogP contribution in [0.5, 0.6) is 0 Å². The van der Waals surface area contributed by atoms with E-state index >= 15 is 0 Å². The van der Waals surface area contributed by atoms with Gasteiger partial charge >= 0.3 is 0 Å². The van der Waals surface area contributed by atoms with E-state index in [1.54, 1.807) is 0 Å². The van der Waals surface area contributed by atoms with Crippen molar-refractivity contribution < 1.29 is 13.2 Å². The lowest BCUT2D eigenvalue weighted by Gasteiger charge is -2.11. The van der Waals surface area contributed by atoms with Crippen molar-refractivity contribution in [3.05, 3.63) is 66.0 Å². The topological polar surface area (TPSA) is 81.1 Å². The van der Waals surface area contributed by atoms with Crippen molar-refractivity contribution in [2.45, 2.75) is 25.3 Å². The van der Waals surface area contributed by atoms with Crippen molar-refractivity contribution in [2.75, 3.05) is 6.26 Å². The maximum Gasteiger partial charge on any atom is 0.238 e. The van der Waals surface area contributed by atoms with E-state index in [0.717, 1.165) is 28.4 Å². The molecule has 0 saturated carbocycles. The Balaban J connectivity index is 1.63. The number of sulfone groups is 1. The van der Waals surface area contributed by atoms with Crippen LogP contribution >= 0.6 is 0 Å². The van der Waals surface area contributed by atoms with Crippen LogP contribution in [0.3, 0.4) is 0 Å². The zero-order valence-corrected chi connectivity index (χ0v) is 15.5. The number of nitrogens with one attached hydrogen (secondary N) is 1. The molecule has 0 bridgehead atoms. The molecule has 3 aromatic rings. The summed E-state index contributed by atoms with van der Waals surface area (Å²) in [6.07, 6.45) is 2.89. The number of benzene rings is 2. The van der Waals surface area contributed by atoms with Gasteiger partial charge in [-0.05, 0) is 30.2 Å². The van der Waals surface area contributed by atoms with Crippen molar-refractivity contribution in [2.24, 2.45) is 0 Å². The van der Waals surface area contributed by atoms with Gasteiger partial charge < -0.3 is 9.88 Å². The summed E-state index contributed by atoms with van der Waals surface area (Å²) in [5.41, 5.74) is 4.08. The first-order valence-corrected chi connectivity index (χ1v) is 10.2. The summed E-state index contributed by atoms with van der Waals surface area (Å²) in [4.78, 5) is 16.2. The number of imidazole rings is 1. The number of aromatic nitrogens is 2. The van der Waals surface area contributed by atoms with Gasteiger partial charge in [-0.15, -0.1) is 0 Å². The quantitative estimate of drug-likeness (QED) is 0.720. The lowest BCUT2D eigenvalue weighted by molar-refractivity contribution is -0.120. The van der Waals surface area contributed by atoms with Crippen LogP contribution in [-0.2, 0) is 27.7 Å². The van der Waals surface area contributed by atoms with E-state index in [0.29, 0.717) is 13.1 Å². The molecule has 1 amide bonds. The van der Waals surface area contributed by atoms with E-state index in [1.807, 2.05) is 54.9 Å². The van der Waals surface area contributed by atoms with Gasteiger partial charge in [0.05, 0.1) is 17.4 Å². The maximum absolute atomic E-state index is 11.9. The van der Waals surface area contributed by atoms with Gasteiger partial charge in [0.2, 0.25) is 5.91 Å². The van der Waals surface area contributed by atoms with Gasteiger partial charge in [-0.2, -0.15) is 0 Å². The first-order chi connectivity index (χ1) is 12.3. The Morgan fingerprint density at radius 2 is 1.77 bits per heavy atom. The van der Waals surface area contributed by atoms with Crippen molar-refractivity contribution in [1.82, 2.24) is 14.9 Å². The molecule has 6 nitrogen and oxygen atoms in total. The van der Waals surface area contributed by atoms with Crippen LogP contribution in [0.1, 0.15) is 18.1 Å². The molecule has 0 spiro atoms. The number of para-hydroxylation sites is 2. The van der Waals surface area contributed by atoms with E-state index in [-0.39, 0.29) is 0 Å². The number of carbonyl (C=O) groups is 1. The summed E-state index contributed by atoms with van der Waals surface area (Å²) < 4.78 is 24.9. The van der Waals surface area contributed by atoms with Crippen LogP contribution < -0.4 is 5.32 Å². The van der Waals surface area contributed by atoms with Crippen LogP contribution in [0, 0.1) is 0 Å². The predicted molar refractivity (Wildman–Crippen MR) is 101 cm³/mol. The van der Waals surface area contributed by atoms with E-state index in [2.05, 4.69) is 14.9 Å². The number of amides is 1. The number of carbonyl (C=O) groups excluding carboxylic acids is 1. The van der Waals surface area contributed by atoms with Gasteiger partial charge in [-0.3, -0.25) is 4.79 Å². The third-order valence-corrected chi connectivity index (χ3v) is 5.88. The summed E-state index contributed by atoms with van der Waals surface area (Å²) in [5, 5.41) is 1.62. The Hall–Kier alpha value is -2.67.